The SMILES string of the molecule is CCc1nnsc1C(=O)OCC(=O)Nc1ccc(Br)cc1C. The molecule has 0 saturated carbocycles. The summed E-state index contributed by atoms with van der Waals surface area (Å²) in [6.45, 7) is 3.40. The Bertz CT molecular complexity index is 702. The Hall–Kier alpha value is -1.80. The molecular weight excluding hydrogens is 370 g/mol. The van der Waals surface area contributed by atoms with Crippen molar-refractivity contribution in [2.45, 2.75) is 20.3 Å². The standard InChI is InChI=1S/C14H14BrN3O3S/c1-3-10-13(22-18-17-10)14(20)21-7-12(19)16-11-5-4-9(15)6-8(11)2/h4-6H,3,7H2,1-2H3,(H,16,19). The van der Waals surface area contributed by atoms with E-state index in [1.165, 1.54) is 0 Å². The number of esters is 1. The van der Waals surface area contributed by atoms with Crippen LogP contribution < -0.4 is 5.32 Å². The molecule has 116 valence electrons. The van der Waals surface area contributed by atoms with E-state index in [9.17, 15) is 9.59 Å². The second-order valence-corrected chi connectivity index (χ2v) is 6.16. The van der Waals surface area contributed by atoms with Crippen LogP contribution in [-0.2, 0) is 16.0 Å². The molecule has 0 bridgehead atoms. The molecule has 0 atom stereocenters. The van der Waals surface area contributed by atoms with Gasteiger partial charge in [-0.05, 0) is 48.6 Å². The molecule has 1 N–H and O–H groups in total. The number of carbonyl (C=O) groups is 2. The third kappa shape index (κ3) is 4.11. The van der Waals surface area contributed by atoms with Gasteiger partial charge in [-0.3, -0.25) is 4.79 Å². The highest BCUT2D eigenvalue weighted by Gasteiger charge is 2.17. The van der Waals surface area contributed by atoms with Crippen molar-refractivity contribution >= 4 is 45.0 Å². The monoisotopic (exact) mass is 383 g/mol. The maximum atomic E-state index is 11.9. The molecule has 6 nitrogen and oxygen atoms in total. The molecule has 1 amide bonds. The van der Waals surface area contributed by atoms with Crippen LogP contribution in [0.5, 0.6) is 0 Å². The lowest BCUT2D eigenvalue weighted by Gasteiger charge is -2.09. The number of nitrogens with zero attached hydrogens (tertiary/aromatic N) is 2. The first-order chi connectivity index (χ1) is 10.5. The Morgan fingerprint density at radius 3 is 2.86 bits per heavy atom. The molecular formula is C14H14BrN3O3S. The van der Waals surface area contributed by atoms with E-state index < -0.39 is 11.9 Å². The number of carbonyl (C=O) groups excluding carboxylic acids is 2. The van der Waals surface area contributed by atoms with E-state index in [4.69, 9.17) is 4.74 Å². The molecule has 1 aromatic heterocycles. The first-order valence-electron chi connectivity index (χ1n) is 6.55. The van der Waals surface area contributed by atoms with Gasteiger partial charge in [-0.1, -0.05) is 27.3 Å². The average Bonchev–Trinajstić information content (AvgIpc) is 2.96. The van der Waals surface area contributed by atoms with Crippen LogP contribution in [0.4, 0.5) is 5.69 Å². The van der Waals surface area contributed by atoms with Crippen LogP contribution in [0.2, 0.25) is 0 Å². The molecule has 0 aliphatic heterocycles. The van der Waals surface area contributed by atoms with Crippen LogP contribution in [-0.4, -0.2) is 28.1 Å². The number of hydrogen-bond acceptors (Lipinski definition) is 6. The molecule has 0 saturated heterocycles. The number of rotatable bonds is 5. The number of nitrogens with one attached hydrogen (secondary N) is 1. The molecule has 8 heteroatoms. The Morgan fingerprint density at radius 1 is 1.41 bits per heavy atom. The van der Waals surface area contributed by atoms with Gasteiger partial charge in [-0.15, -0.1) is 5.10 Å². The Balaban J connectivity index is 1.91. The molecule has 2 aromatic rings. The lowest BCUT2D eigenvalue weighted by atomic mass is 10.2. The highest BCUT2D eigenvalue weighted by Crippen LogP contribution is 2.20. The Kier molecular flexibility index (Phi) is 5.62. The molecule has 0 unspecified atom stereocenters. The topological polar surface area (TPSA) is 81.2 Å². The first-order valence-corrected chi connectivity index (χ1v) is 8.12. The van der Waals surface area contributed by atoms with Gasteiger partial charge >= 0.3 is 5.97 Å². The van der Waals surface area contributed by atoms with Crippen LogP contribution in [0, 0.1) is 6.92 Å². The molecule has 22 heavy (non-hydrogen) atoms. The number of ether oxygens (including phenoxy) is 1. The smallest absolute Gasteiger partial charge is 0.352 e. The molecule has 1 aromatic carbocycles. The van der Waals surface area contributed by atoms with E-state index in [1.54, 1.807) is 6.07 Å². The van der Waals surface area contributed by atoms with Crippen molar-refractivity contribution in [3.8, 4) is 0 Å². The quantitative estimate of drug-likeness (QED) is 0.802. The maximum absolute atomic E-state index is 11.9. The fourth-order valence-corrected chi connectivity index (χ4v) is 2.87. The fraction of sp³-hybridized carbons (Fsp3) is 0.286. The van der Waals surface area contributed by atoms with Gasteiger partial charge in [-0.2, -0.15) is 0 Å². The van der Waals surface area contributed by atoms with Gasteiger partial charge in [0.15, 0.2) is 11.5 Å². The minimum Gasteiger partial charge on any atom is -0.451 e. The Morgan fingerprint density at radius 2 is 2.18 bits per heavy atom. The van der Waals surface area contributed by atoms with E-state index >= 15 is 0 Å². The summed E-state index contributed by atoms with van der Waals surface area (Å²) >= 11 is 4.32. The van der Waals surface area contributed by atoms with Crippen molar-refractivity contribution in [2.75, 3.05) is 11.9 Å². The average molecular weight is 384 g/mol. The molecule has 0 radical (unpaired) electrons. The van der Waals surface area contributed by atoms with Crippen LogP contribution in [0.25, 0.3) is 0 Å². The van der Waals surface area contributed by atoms with Crippen molar-refractivity contribution in [1.82, 2.24) is 9.59 Å². The second kappa shape index (κ2) is 7.46. The van der Waals surface area contributed by atoms with Crippen molar-refractivity contribution in [2.24, 2.45) is 0 Å². The number of anilines is 1. The summed E-state index contributed by atoms with van der Waals surface area (Å²) in [5, 5.41) is 6.53. The molecule has 2 rings (SSSR count). The maximum Gasteiger partial charge on any atom is 0.352 e. The van der Waals surface area contributed by atoms with Crippen LogP contribution in [0.3, 0.4) is 0 Å². The summed E-state index contributed by atoms with van der Waals surface area (Å²) in [6, 6.07) is 5.49. The summed E-state index contributed by atoms with van der Waals surface area (Å²) in [5.41, 5.74) is 2.17. The molecule has 0 aliphatic carbocycles. The lowest BCUT2D eigenvalue weighted by molar-refractivity contribution is -0.119. The van der Waals surface area contributed by atoms with Gasteiger partial charge in [-0.25, -0.2) is 4.79 Å². The van der Waals surface area contributed by atoms with Crippen molar-refractivity contribution < 1.29 is 14.3 Å². The lowest BCUT2D eigenvalue weighted by Crippen LogP contribution is -2.21. The van der Waals surface area contributed by atoms with Gasteiger partial charge in [0, 0.05) is 10.2 Å². The first kappa shape index (κ1) is 16.6. The van der Waals surface area contributed by atoms with E-state index in [0.717, 1.165) is 21.6 Å². The van der Waals surface area contributed by atoms with Gasteiger partial charge < -0.3 is 10.1 Å². The van der Waals surface area contributed by atoms with Gasteiger partial charge in [0.1, 0.15) is 0 Å². The molecule has 1 heterocycles. The van der Waals surface area contributed by atoms with Crippen LogP contribution >= 0.6 is 27.5 Å². The predicted molar refractivity (Wildman–Crippen MR) is 87.1 cm³/mol. The highest BCUT2D eigenvalue weighted by atomic mass is 79.9. The third-order valence-electron chi connectivity index (χ3n) is 2.87. The predicted octanol–water partition coefficient (Wildman–Crippen LogP) is 2.97. The number of amides is 1. The van der Waals surface area contributed by atoms with Crippen molar-refractivity contribution in [3.05, 3.63) is 38.8 Å². The minimum atomic E-state index is -0.575. The second-order valence-electron chi connectivity index (χ2n) is 4.49. The fourth-order valence-electron chi connectivity index (χ4n) is 1.75. The van der Waals surface area contributed by atoms with Gasteiger partial charge in [0.2, 0.25) is 0 Å². The zero-order valence-electron chi connectivity index (χ0n) is 12.1. The van der Waals surface area contributed by atoms with Gasteiger partial charge in [0.05, 0.1) is 5.69 Å². The largest absolute Gasteiger partial charge is 0.451 e. The molecule has 0 fully saturated rings. The van der Waals surface area contributed by atoms with Crippen molar-refractivity contribution in [1.29, 1.82) is 0 Å². The third-order valence-corrected chi connectivity index (χ3v) is 4.11. The minimum absolute atomic E-state index is 0.343. The number of hydrogen-bond donors (Lipinski definition) is 1. The molecule has 0 spiro atoms. The summed E-state index contributed by atoms with van der Waals surface area (Å²) < 4.78 is 9.64. The summed E-state index contributed by atoms with van der Waals surface area (Å²) in [7, 11) is 0. The van der Waals surface area contributed by atoms with E-state index in [-0.39, 0.29) is 6.61 Å². The highest BCUT2D eigenvalue weighted by molar-refractivity contribution is 9.10. The molecule has 0 aliphatic rings. The number of aromatic nitrogens is 2. The Labute approximate surface area is 140 Å². The van der Waals surface area contributed by atoms with E-state index in [2.05, 4.69) is 30.8 Å². The zero-order valence-corrected chi connectivity index (χ0v) is 14.5. The van der Waals surface area contributed by atoms with Gasteiger partial charge in [0.25, 0.3) is 5.91 Å². The number of halogens is 1. The summed E-state index contributed by atoms with van der Waals surface area (Å²) in [6.07, 6.45) is 0.589. The summed E-state index contributed by atoms with van der Waals surface area (Å²) in [4.78, 5) is 24.1. The van der Waals surface area contributed by atoms with Crippen molar-refractivity contribution in [3.63, 3.8) is 0 Å². The number of benzene rings is 1. The van der Waals surface area contributed by atoms with Crippen LogP contribution in [0.15, 0.2) is 22.7 Å². The van der Waals surface area contributed by atoms with E-state index in [0.29, 0.717) is 22.7 Å². The van der Waals surface area contributed by atoms with E-state index in [1.807, 2.05) is 26.0 Å². The zero-order chi connectivity index (χ0) is 16.1. The van der Waals surface area contributed by atoms with Crippen LogP contribution in [0.1, 0.15) is 27.9 Å². The summed E-state index contributed by atoms with van der Waals surface area (Å²) in [5.74, 6) is -0.969. The normalized spacial score (nSPS) is 10.3. The number of aryl methyl sites for hydroxylation is 2.